The summed E-state index contributed by atoms with van der Waals surface area (Å²) in [6.45, 7) is 1.79. The van der Waals surface area contributed by atoms with Crippen LogP contribution in [-0.4, -0.2) is 6.61 Å². The molecule has 4 heteroatoms. The highest BCUT2D eigenvalue weighted by Crippen LogP contribution is 2.51. The summed E-state index contributed by atoms with van der Waals surface area (Å²) in [4.78, 5) is 0. The fourth-order valence-electron chi connectivity index (χ4n) is 3.99. The molecule has 0 unspecified atom stereocenters. The summed E-state index contributed by atoms with van der Waals surface area (Å²) in [5.41, 5.74) is 4.54. The van der Waals surface area contributed by atoms with E-state index in [0.717, 1.165) is 23.1 Å². The highest BCUT2D eigenvalue weighted by atomic mass is 35.5. The molecule has 0 saturated heterocycles. The molecule has 0 amide bonds. The Bertz CT molecular complexity index is 742. The molecule has 0 radical (unpaired) electrons. The maximum Gasteiger partial charge on any atom is 0.387 e. The first-order chi connectivity index (χ1) is 11.9. The maximum atomic E-state index is 12.5. The Morgan fingerprint density at radius 2 is 2.00 bits per heavy atom. The Kier molecular flexibility index (Phi) is 5.33. The molecule has 1 aliphatic carbocycles. The Hall–Kier alpha value is -1.61. The molecule has 25 heavy (non-hydrogen) atoms. The first-order valence-corrected chi connectivity index (χ1v) is 9.18. The van der Waals surface area contributed by atoms with Gasteiger partial charge >= 0.3 is 6.61 Å². The van der Waals surface area contributed by atoms with Gasteiger partial charge in [0.25, 0.3) is 0 Å². The first-order valence-electron chi connectivity index (χ1n) is 8.65. The lowest BCUT2D eigenvalue weighted by atomic mass is 9.75. The van der Waals surface area contributed by atoms with Gasteiger partial charge in [-0.15, -0.1) is 11.6 Å². The lowest BCUT2D eigenvalue weighted by Gasteiger charge is -2.29. The van der Waals surface area contributed by atoms with E-state index in [2.05, 4.69) is 30.7 Å². The van der Waals surface area contributed by atoms with E-state index in [-0.39, 0.29) is 11.2 Å². The van der Waals surface area contributed by atoms with Gasteiger partial charge < -0.3 is 4.74 Å². The van der Waals surface area contributed by atoms with E-state index < -0.39 is 6.61 Å². The molecule has 1 saturated carbocycles. The van der Waals surface area contributed by atoms with Gasteiger partial charge in [-0.1, -0.05) is 50.6 Å². The van der Waals surface area contributed by atoms with Gasteiger partial charge in [-0.05, 0) is 58.6 Å². The summed E-state index contributed by atoms with van der Waals surface area (Å²) in [6, 6.07) is 13.2. The molecular formula is C21H23ClF2O. The second kappa shape index (κ2) is 7.33. The van der Waals surface area contributed by atoms with Crippen LogP contribution in [0, 0.1) is 5.41 Å². The molecule has 2 aromatic rings. The molecule has 0 N–H and O–H groups in total. The normalized spacial score (nSPS) is 19.4. The van der Waals surface area contributed by atoms with Crippen molar-refractivity contribution in [1.82, 2.24) is 0 Å². The average Bonchev–Trinajstić information content (AvgIpc) is 2.93. The van der Waals surface area contributed by atoms with E-state index in [4.69, 9.17) is 11.6 Å². The summed E-state index contributed by atoms with van der Waals surface area (Å²) in [7, 11) is 0. The number of halogens is 3. The number of rotatable bonds is 5. The lowest BCUT2D eigenvalue weighted by Crippen LogP contribution is -2.16. The smallest absolute Gasteiger partial charge is 0.387 e. The molecule has 1 atom stereocenters. The average molecular weight is 365 g/mol. The minimum Gasteiger partial charge on any atom is -0.435 e. The van der Waals surface area contributed by atoms with Gasteiger partial charge in [-0.2, -0.15) is 8.78 Å². The van der Waals surface area contributed by atoms with Crippen molar-refractivity contribution in [2.24, 2.45) is 5.41 Å². The number of hydrogen-bond acceptors (Lipinski definition) is 1. The predicted octanol–water partition coefficient (Wildman–Crippen LogP) is 6.99. The van der Waals surface area contributed by atoms with Gasteiger partial charge in [-0.25, -0.2) is 0 Å². The third kappa shape index (κ3) is 3.98. The van der Waals surface area contributed by atoms with Crippen molar-refractivity contribution < 1.29 is 13.5 Å². The van der Waals surface area contributed by atoms with Gasteiger partial charge in [-0.3, -0.25) is 0 Å². The van der Waals surface area contributed by atoms with Crippen LogP contribution in [0.4, 0.5) is 8.78 Å². The van der Waals surface area contributed by atoms with Crippen LogP contribution in [0.2, 0.25) is 0 Å². The number of hydrogen-bond donors (Lipinski definition) is 0. The van der Waals surface area contributed by atoms with Crippen molar-refractivity contribution in [3.63, 3.8) is 0 Å². The molecule has 0 heterocycles. The monoisotopic (exact) mass is 364 g/mol. The van der Waals surface area contributed by atoms with E-state index >= 15 is 0 Å². The predicted molar refractivity (Wildman–Crippen MR) is 98.4 cm³/mol. The number of alkyl halides is 3. The van der Waals surface area contributed by atoms with E-state index in [1.807, 2.05) is 12.1 Å². The molecule has 134 valence electrons. The van der Waals surface area contributed by atoms with Crippen LogP contribution in [-0.2, 0) is 5.88 Å². The fourth-order valence-corrected chi connectivity index (χ4v) is 4.16. The Labute approximate surface area is 153 Å². The molecule has 0 bridgehead atoms. The van der Waals surface area contributed by atoms with Crippen LogP contribution in [0.15, 0.2) is 42.5 Å². The topological polar surface area (TPSA) is 9.23 Å². The van der Waals surface area contributed by atoms with E-state index in [1.165, 1.54) is 18.4 Å². The van der Waals surface area contributed by atoms with Crippen LogP contribution >= 0.6 is 11.6 Å². The van der Waals surface area contributed by atoms with Gasteiger partial charge in [0, 0.05) is 5.88 Å². The second-order valence-corrected chi connectivity index (χ2v) is 7.66. The lowest BCUT2D eigenvalue weighted by molar-refractivity contribution is -0.0498. The van der Waals surface area contributed by atoms with E-state index in [9.17, 15) is 8.78 Å². The van der Waals surface area contributed by atoms with E-state index in [0.29, 0.717) is 11.8 Å². The van der Waals surface area contributed by atoms with Crippen LogP contribution < -0.4 is 4.74 Å². The Morgan fingerprint density at radius 1 is 1.20 bits per heavy atom. The zero-order valence-corrected chi connectivity index (χ0v) is 15.3. The summed E-state index contributed by atoms with van der Waals surface area (Å²) in [5, 5.41) is 0. The number of benzene rings is 2. The van der Waals surface area contributed by atoms with Crippen molar-refractivity contribution in [1.29, 1.82) is 0 Å². The SMILES string of the molecule is CC1(C)CCC[C@@H]1c1cc(CCl)ccc1-c1cccc(OC(F)F)c1. The molecule has 1 nitrogen and oxygen atoms in total. The van der Waals surface area contributed by atoms with Crippen LogP contribution in [0.5, 0.6) is 5.75 Å². The fraction of sp³-hybridized carbons (Fsp3) is 0.429. The minimum atomic E-state index is -2.82. The van der Waals surface area contributed by atoms with Crippen molar-refractivity contribution in [3.8, 4) is 16.9 Å². The van der Waals surface area contributed by atoms with Gasteiger partial charge in [0.05, 0.1) is 0 Å². The maximum absolute atomic E-state index is 12.5. The molecule has 0 aromatic heterocycles. The molecule has 0 spiro atoms. The Balaban J connectivity index is 2.07. The van der Waals surface area contributed by atoms with Crippen LogP contribution in [0.25, 0.3) is 11.1 Å². The first kappa shape index (κ1) is 18.2. The zero-order chi connectivity index (χ0) is 18.0. The standard InChI is InChI=1S/C21H23ClF2O/c1-21(2)10-4-7-19(21)18-11-14(13-22)8-9-17(18)15-5-3-6-16(12-15)25-20(23)24/h3,5-6,8-9,11-12,19-20H,4,7,10,13H2,1-2H3/t19-/m1/s1. The quantitative estimate of drug-likeness (QED) is 0.519. The number of ether oxygens (including phenoxy) is 1. The summed E-state index contributed by atoms with van der Waals surface area (Å²) < 4.78 is 29.7. The summed E-state index contributed by atoms with van der Waals surface area (Å²) in [5.74, 6) is 1.09. The van der Waals surface area contributed by atoms with Gasteiger partial charge in [0.1, 0.15) is 5.75 Å². The molecule has 1 aliphatic rings. The molecule has 1 fully saturated rings. The van der Waals surface area contributed by atoms with Crippen molar-refractivity contribution in [2.45, 2.75) is 51.5 Å². The third-order valence-corrected chi connectivity index (χ3v) is 5.58. The third-order valence-electron chi connectivity index (χ3n) is 5.27. The zero-order valence-electron chi connectivity index (χ0n) is 14.6. The minimum absolute atomic E-state index is 0.186. The van der Waals surface area contributed by atoms with Gasteiger partial charge in [0.2, 0.25) is 0 Å². The van der Waals surface area contributed by atoms with Crippen molar-refractivity contribution in [3.05, 3.63) is 53.6 Å². The van der Waals surface area contributed by atoms with Crippen molar-refractivity contribution in [2.75, 3.05) is 0 Å². The van der Waals surface area contributed by atoms with Crippen LogP contribution in [0.3, 0.4) is 0 Å². The van der Waals surface area contributed by atoms with Crippen molar-refractivity contribution >= 4 is 11.6 Å². The van der Waals surface area contributed by atoms with Crippen LogP contribution in [0.1, 0.15) is 50.2 Å². The van der Waals surface area contributed by atoms with E-state index in [1.54, 1.807) is 18.2 Å². The largest absolute Gasteiger partial charge is 0.435 e. The molecule has 3 rings (SSSR count). The summed E-state index contributed by atoms with van der Waals surface area (Å²) >= 11 is 6.05. The molecular weight excluding hydrogens is 342 g/mol. The Morgan fingerprint density at radius 3 is 2.64 bits per heavy atom. The second-order valence-electron chi connectivity index (χ2n) is 7.39. The highest BCUT2D eigenvalue weighted by Gasteiger charge is 2.36. The highest BCUT2D eigenvalue weighted by molar-refractivity contribution is 6.17. The van der Waals surface area contributed by atoms with Gasteiger partial charge in [0.15, 0.2) is 0 Å². The molecule has 0 aliphatic heterocycles. The summed E-state index contributed by atoms with van der Waals surface area (Å²) in [6.07, 6.45) is 3.53. The molecule has 2 aromatic carbocycles.